The smallest absolute Gasteiger partial charge is 0.240 e. The summed E-state index contributed by atoms with van der Waals surface area (Å²) in [6.07, 6.45) is 4.34. The Morgan fingerprint density at radius 1 is 1.53 bits per heavy atom. The standard InChI is InChI=1S/C12H22N4O/c1-3-4-5-10-15-11(17-16-10)8-14-12(2)6-7-13-9-12/h13-14H,3-9H2,1-2H3. The van der Waals surface area contributed by atoms with E-state index in [4.69, 9.17) is 4.52 Å². The number of aryl methyl sites for hydroxylation is 1. The summed E-state index contributed by atoms with van der Waals surface area (Å²) in [5.74, 6) is 1.53. The van der Waals surface area contributed by atoms with E-state index in [0.29, 0.717) is 12.4 Å². The van der Waals surface area contributed by atoms with Crippen molar-refractivity contribution >= 4 is 0 Å². The Labute approximate surface area is 102 Å². The van der Waals surface area contributed by atoms with Crippen molar-refractivity contribution in [3.05, 3.63) is 11.7 Å². The third-order valence-corrected chi connectivity index (χ3v) is 3.30. The SMILES string of the molecule is CCCCc1noc(CNC2(C)CCNC2)n1. The first-order valence-electron chi connectivity index (χ1n) is 6.49. The van der Waals surface area contributed by atoms with Crippen LogP contribution in [0.25, 0.3) is 0 Å². The molecule has 1 fully saturated rings. The molecule has 1 aromatic rings. The van der Waals surface area contributed by atoms with Gasteiger partial charge in [0.25, 0.3) is 0 Å². The van der Waals surface area contributed by atoms with Crippen molar-refractivity contribution in [2.75, 3.05) is 13.1 Å². The molecule has 5 heteroatoms. The lowest BCUT2D eigenvalue weighted by atomic mass is 10.0. The summed E-state index contributed by atoms with van der Waals surface area (Å²) >= 11 is 0. The third-order valence-electron chi connectivity index (χ3n) is 3.30. The number of nitrogens with zero attached hydrogens (tertiary/aromatic N) is 2. The number of nitrogens with one attached hydrogen (secondary N) is 2. The first kappa shape index (κ1) is 12.5. The molecule has 0 saturated carbocycles. The van der Waals surface area contributed by atoms with Gasteiger partial charge in [0.2, 0.25) is 5.89 Å². The highest BCUT2D eigenvalue weighted by molar-refractivity contribution is 4.94. The van der Waals surface area contributed by atoms with Crippen LogP contribution in [-0.4, -0.2) is 28.8 Å². The van der Waals surface area contributed by atoms with Crippen molar-refractivity contribution in [3.8, 4) is 0 Å². The van der Waals surface area contributed by atoms with Crippen LogP contribution in [0.3, 0.4) is 0 Å². The maximum atomic E-state index is 5.22. The molecule has 1 saturated heterocycles. The maximum absolute atomic E-state index is 5.22. The van der Waals surface area contributed by atoms with Gasteiger partial charge in [-0.15, -0.1) is 0 Å². The Balaban J connectivity index is 1.80. The van der Waals surface area contributed by atoms with E-state index < -0.39 is 0 Å². The fourth-order valence-corrected chi connectivity index (χ4v) is 2.06. The first-order valence-corrected chi connectivity index (χ1v) is 6.49. The van der Waals surface area contributed by atoms with E-state index in [1.165, 1.54) is 0 Å². The molecule has 1 aliphatic rings. The monoisotopic (exact) mass is 238 g/mol. The van der Waals surface area contributed by atoms with Crippen molar-refractivity contribution in [2.24, 2.45) is 0 Å². The van der Waals surface area contributed by atoms with Crippen molar-refractivity contribution < 1.29 is 4.52 Å². The average Bonchev–Trinajstić information content (AvgIpc) is 2.94. The number of hydrogen-bond donors (Lipinski definition) is 2. The van der Waals surface area contributed by atoms with Crippen LogP contribution >= 0.6 is 0 Å². The molecule has 1 unspecified atom stereocenters. The molecule has 0 amide bonds. The van der Waals surface area contributed by atoms with E-state index in [1.54, 1.807) is 0 Å². The van der Waals surface area contributed by atoms with Gasteiger partial charge in [-0.05, 0) is 26.3 Å². The highest BCUT2D eigenvalue weighted by atomic mass is 16.5. The molecule has 5 nitrogen and oxygen atoms in total. The fourth-order valence-electron chi connectivity index (χ4n) is 2.06. The molecule has 17 heavy (non-hydrogen) atoms. The second-order valence-corrected chi connectivity index (χ2v) is 5.05. The zero-order chi connectivity index (χ0) is 12.1. The van der Waals surface area contributed by atoms with Gasteiger partial charge in [-0.2, -0.15) is 4.98 Å². The Morgan fingerprint density at radius 3 is 3.12 bits per heavy atom. The molecular weight excluding hydrogens is 216 g/mol. The quantitative estimate of drug-likeness (QED) is 0.781. The van der Waals surface area contributed by atoms with Gasteiger partial charge in [0, 0.05) is 18.5 Å². The van der Waals surface area contributed by atoms with E-state index in [1.807, 2.05) is 0 Å². The molecule has 0 bridgehead atoms. The lowest BCUT2D eigenvalue weighted by Gasteiger charge is -2.23. The molecular formula is C12H22N4O. The van der Waals surface area contributed by atoms with Gasteiger partial charge >= 0.3 is 0 Å². The van der Waals surface area contributed by atoms with Gasteiger partial charge in [0.1, 0.15) is 0 Å². The molecule has 1 aromatic heterocycles. The van der Waals surface area contributed by atoms with Gasteiger partial charge in [-0.1, -0.05) is 18.5 Å². The normalized spacial score (nSPS) is 24.4. The van der Waals surface area contributed by atoms with E-state index in [-0.39, 0.29) is 5.54 Å². The number of hydrogen-bond acceptors (Lipinski definition) is 5. The Bertz CT molecular complexity index is 344. The lowest BCUT2D eigenvalue weighted by Crippen LogP contribution is -2.43. The van der Waals surface area contributed by atoms with E-state index in [0.717, 1.165) is 44.6 Å². The minimum absolute atomic E-state index is 0.165. The number of unbranched alkanes of at least 4 members (excludes halogenated alkanes) is 1. The number of aromatic nitrogens is 2. The molecule has 1 aliphatic heterocycles. The van der Waals surface area contributed by atoms with Gasteiger partial charge < -0.3 is 15.2 Å². The average molecular weight is 238 g/mol. The molecule has 2 N–H and O–H groups in total. The number of rotatable bonds is 6. The summed E-state index contributed by atoms with van der Waals surface area (Å²) < 4.78 is 5.22. The largest absolute Gasteiger partial charge is 0.338 e. The third kappa shape index (κ3) is 3.51. The van der Waals surface area contributed by atoms with Crippen LogP contribution < -0.4 is 10.6 Å². The van der Waals surface area contributed by atoms with Crippen LogP contribution in [0.15, 0.2) is 4.52 Å². The van der Waals surface area contributed by atoms with Gasteiger partial charge in [0.05, 0.1) is 6.54 Å². The first-order chi connectivity index (χ1) is 8.22. The summed E-state index contributed by atoms with van der Waals surface area (Å²) in [7, 11) is 0. The van der Waals surface area contributed by atoms with Crippen LogP contribution in [0.5, 0.6) is 0 Å². The molecule has 2 rings (SSSR count). The summed E-state index contributed by atoms with van der Waals surface area (Å²) in [6, 6.07) is 0. The summed E-state index contributed by atoms with van der Waals surface area (Å²) in [5.41, 5.74) is 0.165. The van der Waals surface area contributed by atoms with E-state index >= 15 is 0 Å². The second-order valence-electron chi connectivity index (χ2n) is 5.05. The summed E-state index contributed by atoms with van der Waals surface area (Å²) in [6.45, 7) is 7.13. The molecule has 0 radical (unpaired) electrons. The minimum Gasteiger partial charge on any atom is -0.338 e. The summed E-state index contributed by atoms with van der Waals surface area (Å²) in [4.78, 5) is 4.38. The van der Waals surface area contributed by atoms with E-state index in [2.05, 4.69) is 34.6 Å². The Hall–Kier alpha value is -0.940. The second kappa shape index (κ2) is 5.60. The van der Waals surface area contributed by atoms with Crippen LogP contribution in [0.2, 0.25) is 0 Å². The Kier molecular flexibility index (Phi) is 4.12. The summed E-state index contributed by atoms with van der Waals surface area (Å²) in [5, 5.41) is 10.8. The van der Waals surface area contributed by atoms with Crippen LogP contribution in [-0.2, 0) is 13.0 Å². The minimum atomic E-state index is 0.165. The van der Waals surface area contributed by atoms with Crippen LogP contribution in [0, 0.1) is 0 Å². The molecule has 96 valence electrons. The maximum Gasteiger partial charge on any atom is 0.240 e. The molecule has 0 aromatic carbocycles. The topological polar surface area (TPSA) is 63.0 Å². The van der Waals surface area contributed by atoms with Crippen LogP contribution in [0.1, 0.15) is 44.8 Å². The zero-order valence-corrected chi connectivity index (χ0v) is 10.8. The molecule has 2 heterocycles. The molecule has 1 atom stereocenters. The van der Waals surface area contributed by atoms with E-state index in [9.17, 15) is 0 Å². The van der Waals surface area contributed by atoms with Gasteiger partial charge in [-0.3, -0.25) is 0 Å². The predicted molar refractivity (Wildman–Crippen MR) is 65.6 cm³/mol. The highest BCUT2D eigenvalue weighted by Crippen LogP contribution is 2.14. The van der Waals surface area contributed by atoms with Crippen LogP contribution in [0.4, 0.5) is 0 Å². The lowest BCUT2D eigenvalue weighted by molar-refractivity contribution is 0.321. The van der Waals surface area contributed by atoms with Crippen molar-refractivity contribution in [3.63, 3.8) is 0 Å². The highest BCUT2D eigenvalue weighted by Gasteiger charge is 2.28. The zero-order valence-electron chi connectivity index (χ0n) is 10.8. The Morgan fingerprint density at radius 2 is 2.41 bits per heavy atom. The molecule has 0 spiro atoms. The fraction of sp³-hybridized carbons (Fsp3) is 0.833. The van der Waals surface area contributed by atoms with Crippen molar-refractivity contribution in [1.82, 2.24) is 20.8 Å². The van der Waals surface area contributed by atoms with Gasteiger partial charge in [-0.25, -0.2) is 0 Å². The molecule has 0 aliphatic carbocycles. The predicted octanol–water partition coefficient (Wildman–Crippen LogP) is 1.25. The van der Waals surface area contributed by atoms with Crippen molar-refractivity contribution in [2.45, 2.75) is 51.6 Å². The van der Waals surface area contributed by atoms with Gasteiger partial charge in [0.15, 0.2) is 5.82 Å². The van der Waals surface area contributed by atoms with Crippen molar-refractivity contribution in [1.29, 1.82) is 0 Å².